The fraction of sp³-hybridized carbons (Fsp3) is 0.333. The van der Waals surface area contributed by atoms with E-state index in [2.05, 4.69) is 5.32 Å². The first-order valence-corrected chi connectivity index (χ1v) is 9.00. The molecule has 1 heterocycles. The van der Waals surface area contributed by atoms with E-state index in [1.165, 1.54) is 11.3 Å². The molecule has 1 N–H and O–H groups in total. The summed E-state index contributed by atoms with van der Waals surface area (Å²) in [5, 5.41) is 3.03. The Morgan fingerprint density at radius 3 is 1.84 bits per heavy atom. The van der Waals surface area contributed by atoms with Gasteiger partial charge in [0.05, 0.1) is 0 Å². The topological polar surface area (TPSA) is 49.4 Å². The van der Waals surface area contributed by atoms with Gasteiger partial charge in [-0.15, -0.1) is 0 Å². The van der Waals surface area contributed by atoms with Crippen LogP contribution in [0.1, 0.15) is 43.2 Å². The van der Waals surface area contributed by atoms with Gasteiger partial charge in [0.25, 0.3) is 5.91 Å². The van der Waals surface area contributed by atoms with Crippen molar-refractivity contribution in [1.29, 1.82) is 0 Å². The summed E-state index contributed by atoms with van der Waals surface area (Å²) in [6.45, 7) is 0. The summed E-state index contributed by atoms with van der Waals surface area (Å²) in [7, 11) is 0. The summed E-state index contributed by atoms with van der Waals surface area (Å²) in [6, 6.07) is 18.8. The molecule has 0 aromatic heterocycles. The Balaban J connectivity index is 1.82. The van der Waals surface area contributed by atoms with Crippen molar-refractivity contribution in [2.75, 3.05) is 0 Å². The molecule has 2 aliphatic rings. The molecule has 4 nitrogen and oxygen atoms in total. The Morgan fingerprint density at radius 1 is 0.800 bits per heavy atom. The van der Waals surface area contributed by atoms with Gasteiger partial charge >= 0.3 is 6.03 Å². The number of urea groups is 1. The van der Waals surface area contributed by atoms with E-state index in [9.17, 15) is 9.59 Å². The van der Waals surface area contributed by atoms with Crippen molar-refractivity contribution in [3.8, 4) is 0 Å². The number of hydrogen-bond acceptors (Lipinski definition) is 2. The zero-order valence-electron chi connectivity index (χ0n) is 14.2. The van der Waals surface area contributed by atoms with Gasteiger partial charge in [-0.25, -0.2) is 4.79 Å². The van der Waals surface area contributed by atoms with Crippen molar-refractivity contribution in [2.24, 2.45) is 0 Å². The Labute approximate surface area is 147 Å². The zero-order chi connectivity index (χ0) is 17.3. The quantitative estimate of drug-likeness (QED) is 0.868. The summed E-state index contributed by atoms with van der Waals surface area (Å²) in [4.78, 5) is 27.9. The number of benzene rings is 2. The van der Waals surface area contributed by atoms with E-state index in [-0.39, 0.29) is 18.0 Å². The smallest absolute Gasteiger partial charge is 0.315 e. The molecule has 0 bridgehead atoms. The molecule has 128 valence electrons. The van der Waals surface area contributed by atoms with E-state index >= 15 is 0 Å². The molecular formula is C21H22N2O2. The second kappa shape index (κ2) is 6.36. The van der Waals surface area contributed by atoms with Crippen LogP contribution in [-0.2, 0) is 10.3 Å². The summed E-state index contributed by atoms with van der Waals surface area (Å²) in [6.07, 6.45) is 5.14. The SMILES string of the molecule is O=C1NC(c2ccccc2)(c2ccccc2)C(=O)N1C1CCCCC1. The normalized spacial score (nSPS) is 20.6. The number of carbonyl (C=O) groups is 2. The fourth-order valence-corrected chi connectivity index (χ4v) is 4.15. The Morgan fingerprint density at radius 2 is 1.32 bits per heavy atom. The van der Waals surface area contributed by atoms with Gasteiger partial charge in [-0.2, -0.15) is 0 Å². The highest BCUT2D eigenvalue weighted by molar-refractivity contribution is 6.09. The van der Waals surface area contributed by atoms with Crippen LogP contribution >= 0.6 is 0 Å². The van der Waals surface area contributed by atoms with Crippen LogP contribution in [0.25, 0.3) is 0 Å². The van der Waals surface area contributed by atoms with Gasteiger partial charge in [0.15, 0.2) is 5.54 Å². The third-order valence-corrected chi connectivity index (χ3v) is 5.41. The van der Waals surface area contributed by atoms with Gasteiger partial charge < -0.3 is 5.32 Å². The number of imide groups is 1. The first kappa shape index (κ1) is 15.9. The molecule has 0 radical (unpaired) electrons. The molecule has 2 fully saturated rings. The van der Waals surface area contributed by atoms with Crippen molar-refractivity contribution >= 4 is 11.9 Å². The number of rotatable bonds is 3. The van der Waals surface area contributed by atoms with E-state index in [4.69, 9.17) is 0 Å². The van der Waals surface area contributed by atoms with Crippen molar-refractivity contribution in [3.05, 3.63) is 71.8 Å². The van der Waals surface area contributed by atoms with Gasteiger partial charge in [0, 0.05) is 6.04 Å². The fourth-order valence-electron chi connectivity index (χ4n) is 4.15. The highest BCUT2D eigenvalue weighted by atomic mass is 16.2. The maximum atomic E-state index is 13.6. The Kier molecular flexibility index (Phi) is 4.04. The summed E-state index contributed by atoms with van der Waals surface area (Å²) in [5.41, 5.74) is 0.479. The highest BCUT2D eigenvalue weighted by Crippen LogP contribution is 2.38. The average Bonchev–Trinajstić information content (AvgIpc) is 2.95. The summed E-state index contributed by atoms with van der Waals surface area (Å²) < 4.78 is 0. The van der Waals surface area contributed by atoms with E-state index in [0.717, 1.165) is 36.8 Å². The number of amides is 3. The Bertz CT molecular complexity index is 727. The summed E-state index contributed by atoms with van der Waals surface area (Å²) >= 11 is 0. The largest absolute Gasteiger partial charge is 0.325 e. The lowest BCUT2D eigenvalue weighted by Gasteiger charge is -2.31. The van der Waals surface area contributed by atoms with Gasteiger partial charge in [-0.1, -0.05) is 79.9 Å². The van der Waals surface area contributed by atoms with E-state index in [0.29, 0.717) is 0 Å². The molecular weight excluding hydrogens is 312 g/mol. The molecule has 1 saturated heterocycles. The maximum Gasteiger partial charge on any atom is 0.325 e. The second-order valence-corrected chi connectivity index (χ2v) is 6.88. The van der Waals surface area contributed by atoms with E-state index in [1.54, 1.807) is 0 Å². The van der Waals surface area contributed by atoms with Crippen LogP contribution in [0, 0.1) is 0 Å². The molecule has 1 aliphatic carbocycles. The lowest BCUT2D eigenvalue weighted by Crippen LogP contribution is -2.46. The predicted molar refractivity (Wildman–Crippen MR) is 95.9 cm³/mol. The first-order valence-electron chi connectivity index (χ1n) is 9.00. The second-order valence-electron chi connectivity index (χ2n) is 6.88. The molecule has 4 heteroatoms. The molecule has 2 aromatic rings. The van der Waals surface area contributed by atoms with Crippen LogP contribution < -0.4 is 5.32 Å². The monoisotopic (exact) mass is 334 g/mol. The molecule has 25 heavy (non-hydrogen) atoms. The molecule has 0 atom stereocenters. The van der Waals surface area contributed by atoms with Crippen LogP contribution in [0.3, 0.4) is 0 Å². The van der Waals surface area contributed by atoms with Crippen LogP contribution in [0.4, 0.5) is 4.79 Å². The van der Waals surface area contributed by atoms with Gasteiger partial charge in [-0.05, 0) is 24.0 Å². The number of nitrogens with one attached hydrogen (secondary N) is 1. The number of nitrogens with zero attached hydrogens (tertiary/aromatic N) is 1. The lowest BCUT2D eigenvalue weighted by molar-refractivity contribution is -0.132. The van der Waals surface area contributed by atoms with Crippen LogP contribution in [0.2, 0.25) is 0 Å². The molecule has 1 aliphatic heterocycles. The zero-order valence-corrected chi connectivity index (χ0v) is 14.2. The highest BCUT2D eigenvalue weighted by Gasteiger charge is 2.55. The van der Waals surface area contributed by atoms with Crippen LogP contribution in [-0.4, -0.2) is 22.9 Å². The third-order valence-electron chi connectivity index (χ3n) is 5.41. The molecule has 3 amide bonds. The molecule has 4 rings (SSSR count). The molecule has 0 spiro atoms. The van der Waals surface area contributed by atoms with Gasteiger partial charge in [-0.3, -0.25) is 9.69 Å². The first-order chi connectivity index (χ1) is 12.2. The minimum absolute atomic E-state index is 0.00977. The maximum absolute atomic E-state index is 13.6. The van der Waals surface area contributed by atoms with E-state index < -0.39 is 5.54 Å². The van der Waals surface area contributed by atoms with Crippen LogP contribution in [0.5, 0.6) is 0 Å². The number of carbonyl (C=O) groups excluding carboxylic acids is 2. The molecule has 0 unspecified atom stereocenters. The van der Waals surface area contributed by atoms with Crippen LogP contribution in [0.15, 0.2) is 60.7 Å². The van der Waals surface area contributed by atoms with Crippen molar-refractivity contribution in [3.63, 3.8) is 0 Å². The number of hydrogen-bond donors (Lipinski definition) is 1. The molecule has 1 saturated carbocycles. The van der Waals surface area contributed by atoms with Crippen molar-refractivity contribution in [2.45, 2.75) is 43.7 Å². The average molecular weight is 334 g/mol. The standard InChI is InChI=1S/C21H22N2O2/c24-19-21(16-10-4-1-5-11-16,17-12-6-2-7-13-17)22-20(25)23(19)18-14-8-3-9-15-18/h1-2,4-7,10-13,18H,3,8-9,14-15H2,(H,22,25). The Hall–Kier alpha value is -2.62. The van der Waals surface area contributed by atoms with Gasteiger partial charge in [0.1, 0.15) is 0 Å². The lowest BCUT2D eigenvalue weighted by atomic mass is 9.82. The summed E-state index contributed by atoms with van der Waals surface area (Å²) in [5.74, 6) is -0.151. The third kappa shape index (κ3) is 2.53. The minimum Gasteiger partial charge on any atom is -0.315 e. The van der Waals surface area contributed by atoms with Crippen molar-refractivity contribution < 1.29 is 9.59 Å². The van der Waals surface area contributed by atoms with Gasteiger partial charge in [0.2, 0.25) is 0 Å². The molecule has 2 aromatic carbocycles. The van der Waals surface area contributed by atoms with E-state index in [1.807, 2.05) is 60.7 Å². The predicted octanol–water partition coefficient (Wildman–Crippen LogP) is 3.81. The minimum atomic E-state index is -1.13. The van der Waals surface area contributed by atoms with Crippen molar-refractivity contribution in [1.82, 2.24) is 10.2 Å².